The van der Waals surface area contributed by atoms with Crippen molar-refractivity contribution in [2.45, 2.75) is 26.9 Å². The molecule has 0 aliphatic carbocycles. The highest BCUT2D eigenvalue weighted by molar-refractivity contribution is 5.88. The number of carbonyl (C=O) groups is 1. The third kappa shape index (κ3) is 2.05. The van der Waals surface area contributed by atoms with Gasteiger partial charge in [0, 0.05) is 12.4 Å². The molecule has 2 rings (SSSR count). The van der Waals surface area contributed by atoms with Crippen molar-refractivity contribution in [3.8, 4) is 0 Å². The van der Waals surface area contributed by atoms with Crippen LogP contribution >= 0.6 is 0 Å². The van der Waals surface area contributed by atoms with Crippen molar-refractivity contribution in [1.82, 2.24) is 9.38 Å². The van der Waals surface area contributed by atoms with Crippen molar-refractivity contribution in [3.63, 3.8) is 0 Å². The normalized spacial score (nSPS) is 11.0. The van der Waals surface area contributed by atoms with Crippen molar-refractivity contribution >= 4 is 11.6 Å². The molecule has 0 bridgehead atoms. The number of rotatable bonds is 2. The van der Waals surface area contributed by atoms with Crippen LogP contribution < -0.4 is 0 Å². The standard InChI is InChI=1S/C12H14N2O2/c1-8(2)16-12(15)10-7-14-6-9(3)4-5-11(14)13-10/h4-8H,1-3H3. The summed E-state index contributed by atoms with van der Waals surface area (Å²) in [5.41, 5.74) is 2.22. The van der Waals surface area contributed by atoms with Crippen LogP contribution in [0.5, 0.6) is 0 Å². The summed E-state index contributed by atoms with van der Waals surface area (Å²) in [5.74, 6) is -0.378. The van der Waals surface area contributed by atoms with Crippen molar-refractivity contribution in [3.05, 3.63) is 35.8 Å². The minimum atomic E-state index is -0.378. The molecule has 0 spiro atoms. The maximum atomic E-state index is 11.6. The number of imidazole rings is 1. The van der Waals surface area contributed by atoms with Gasteiger partial charge in [0.2, 0.25) is 0 Å². The van der Waals surface area contributed by atoms with Gasteiger partial charge in [-0.25, -0.2) is 9.78 Å². The number of hydrogen-bond donors (Lipinski definition) is 0. The van der Waals surface area contributed by atoms with Gasteiger partial charge in [-0.2, -0.15) is 0 Å². The zero-order valence-electron chi connectivity index (χ0n) is 9.60. The van der Waals surface area contributed by atoms with Crippen molar-refractivity contribution < 1.29 is 9.53 Å². The molecular formula is C12H14N2O2. The van der Waals surface area contributed by atoms with E-state index in [4.69, 9.17) is 4.74 Å². The summed E-state index contributed by atoms with van der Waals surface area (Å²) in [6.07, 6.45) is 3.49. The Morgan fingerprint density at radius 1 is 1.38 bits per heavy atom. The molecule has 16 heavy (non-hydrogen) atoms. The molecule has 0 amide bonds. The topological polar surface area (TPSA) is 43.6 Å². The van der Waals surface area contributed by atoms with Crippen LogP contribution in [0.1, 0.15) is 29.9 Å². The minimum absolute atomic E-state index is 0.126. The Morgan fingerprint density at radius 2 is 2.12 bits per heavy atom. The summed E-state index contributed by atoms with van der Waals surface area (Å²) in [4.78, 5) is 15.8. The van der Waals surface area contributed by atoms with Crippen LogP contribution in [-0.2, 0) is 4.74 Å². The molecule has 0 atom stereocenters. The molecule has 0 aliphatic rings. The van der Waals surface area contributed by atoms with Crippen LogP contribution in [0.3, 0.4) is 0 Å². The lowest BCUT2D eigenvalue weighted by molar-refractivity contribution is 0.0371. The molecule has 0 fully saturated rings. The van der Waals surface area contributed by atoms with Gasteiger partial charge in [-0.1, -0.05) is 6.07 Å². The average Bonchev–Trinajstić information content (AvgIpc) is 2.59. The van der Waals surface area contributed by atoms with Gasteiger partial charge < -0.3 is 9.14 Å². The molecule has 0 saturated carbocycles. The Bertz CT molecular complexity index is 529. The second-order valence-electron chi connectivity index (χ2n) is 4.05. The summed E-state index contributed by atoms with van der Waals surface area (Å²) in [6.45, 7) is 5.63. The highest BCUT2D eigenvalue weighted by atomic mass is 16.5. The molecule has 0 N–H and O–H groups in total. The van der Waals surface area contributed by atoms with Gasteiger partial charge in [0.15, 0.2) is 5.69 Å². The molecule has 2 heterocycles. The second-order valence-corrected chi connectivity index (χ2v) is 4.05. The van der Waals surface area contributed by atoms with E-state index in [2.05, 4.69) is 4.98 Å². The van der Waals surface area contributed by atoms with E-state index in [-0.39, 0.29) is 12.1 Å². The predicted octanol–water partition coefficient (Wildman–Crippen LogP) is 2.21. The van der Waals surface area contributed by atoms with E-state index in [1.807, 2.05) is 43.5 Å². The van der Waals surface area contributed by atoms with Gasteiger partial charge in [0.25, 0.3) is 0 Å². The lowest BCUT2D eigenvalue weighted by Gasteiger charge is -2.04. The van der Waals surface area contributed by atoms with E-state index < -0.39 is 0 Å². The first-order valence-corrected chi connectivity index (χ1v) is 5.22. The maximum Gasteiger partial charge on any atom is 0.358 e. The molecular weight excluding hydrogens is 204 g/mol. The monoisotopic (exact) mass is 218 g/mol. The molecule has 0 unspecified atom stereocenters. The molecule has 0 aliphatic heterocycles. The number of pyridine rings is 1. The lowest BCUT2D eigenvalue weighted by atomic mass is 10.3. The van der Waals surface area contributed by atoms with Crippen LogP contribution in [0.25, 0.3) is 5.65 Å². The average molecular weight is 218 g/mol. The highest BCUT2D eigenvalue weighted by Crippen LogP contribution is 2.09. The third-order valence-electron chi connectivity index (χ3n) is 2.15. The Kier molecular flexibility index (Phi) is 2.64. The third-order valence-corrected chi connectivity index (χ3v) is 2.15. The largest absolute Gasteiger partial charge is 0.458 e. The zero-order valence-corrected chi connectivity index (χ0v) is 9.60. The number of fused-ring (bicyclic) bond motifs is 1. The fourth-order valence-corrected chi connectivity index (χ4v) is 1.48. The van der Waals surface area contributed by atoms with E-state index in [1.165, 1.54) is 0 Å². The van der Waals surface area contributed by atoms with Gasteiger partial charge in [0.05, 0.1) is 6.10 Å². The molecule has 0 aromatic carbocycles. The van der Waals surface area contributed by atoms with E-state index in [0.29, 0.717) is 5.69 Å². The molecule has 2 aromatic rings. The Hall–Kier alpha value is -1.84. The van der Waals surface area contributed by atoms with Gasteiger partial charge in [-0.05, 0) is 32.4 Å². The van der Waals surface area contributed by atoms with E-state index in [0.717, 1.165) is 11.2 Å². The SMILES string of the molecule is Cc1ccc2nc(C(=O)OC(C)C)cn2c1. The fourth-order valence-electron chi connectivity index (χ4n) is 1.48. The van der Waals surface area contributed by atoms with Crippen LogP contribution in [0, 0.1) is 6.92 Å². The smallest absolute Gasteiger partial charge is 0.358 e. The van der Waals surface area contributed by atoms with E-state index >= 15 is 0 Å². The van der Waals surface area contributed by atoms with E-state index in [1.54, 1.807) is 6.20 Å². The van der Waals surface area contributed by atoms with Gasteiger partial charge >= 0.3 is 5.97 Å². The van der Waals surface area contributed by atoms with Gasteiger partial charge in [-0.15, -0.1) is 0 Å². The van der Waals surface area contributed by atoms with Gasteiger partial charge in [0.1, 0.15) is 5.65 Å². The van der Waals surface area contributed by atoms with Crippen LogP contribution in [0.4, 0.5) is 0 Å². The molecule has 2 aromatic heterocycles. The minimum Gasteiger partial charge on any atom is -0.458 e. The Labute approximate surface area is 93.9 Å². The molecule has 84 valence electrons. The summed E-state index contributed by atoms with van der Waals surface area (Å²) in [5, 5.41) is 0. The summed E-state index contributed by atoms with van der Waals surface area (Å²) < 4.78 is 6.91. The fraction of sp³-hybridized carbons (Fsp3) is 0.333. The lowest BCUT2D eigenvalue weighted by Crippen LogP contribution is -2.11. The first kappa shape index (κ1) is 10.7. The first-order chi connectivity index (χ1) is 7.56. The maximum absolute atomic E-state index is 11.6. The van der Waals surface area contributed by atoms with Crippen LogP contribution in [0.2, 0.25) is 0 Å². The predicted molar refractivity (Wildman–Crippen MR) is 60.5 cm³/mol. The number of nitrogens with zero attached hydrogens (tertiary/aromatic N) is 2. The Morgan fingerprint density at radius 3 is 2.81 bits per heavy atom. The zero-order chi connectivity index (χ0) is 11.7. The molecule has 4 nitrogen and oxygen atoms in total. The number of aromatic nitrogens is 2. The second kappa shape index (κ2) is 3.96. The highest BCUT2D eigenvalue weighted by Gasteiger charge is 2.13. The quantitative estimate of drug-likeness (QED) is 0.726. The number of esters is 1. The first-order valence-electron chi connectivity index (χ1n) is 5.22. The van der Waals surface area contributed by atoms with Crippen molar-refractivity contribution in [1.29, 1.82) is 0 Å². The van der Waals surface area contributed by atoms with Gasteiger partial charge in [-0.3, -0.25) is 0 Å². The van der Waals surface area contributed by atoms with E-state index in [9.17, 15) is 4.79 Å². The number of hydrogen-bond acceptors (Lipinski definition) is 3. The number of aryl methyl sites for hydroxylation is 1. The summed E-state index contributed by atoms with van der Waals surface area (Å²) >= 11 is 0. The summed E-state index contributed by atoms with van der Waals surface area (Å²) in [7, 11) is 0. The van der Waals surface area contributed by atoms with Crippen molar-refractivity contribution in [2.24, 2.45) is 0 Å². The van der Waals surface area contributed by atoms with Crippen molar-refractivity contribution in [2.75, 3.05) is 0 Å². The number of carbonyl (C=O) groups excluding carboxylic acids is 1. The summed E-state index contributed by atoms with van der Waals surface area (Å²) in [6, 6.07) is 3.83. The Balaban J connectivity index is 2.36. The van der Waals surface area contributed by atoms with Crippen LogP contribution in [-0.4, -0.2) is 21.5 Å². The molecule has 0 saturated heterocycles. The van der Waals surface area contributed by atoms with Crippen LogP contribution in [0.15, 0.2) is 24.5 Å². The molecule has 0 radical (unpaired) electrons. The molecule has 4 heteroatoms. The number of ether oxygens (including phenoxy) is 1.